The minimum atomic E-state index is -0.503. The fraction of sp³-hybridized carbons (Fsp3) is 0.615. The minimum absolute atomic E-state index is 0.248. The lowest BCUT2D eigenvalue weighted by molar-refractivity contribution is 0.0962. The molecule has 2 heterocycles. The Labute approximate surface area is 102 Å². The maximum absolute atomic E-state index is 10.9. The summed E-state index contributed by atoms with van der Waals surface area (Å²) in [7, 11) is 0. The average molecular weight is 236 g/mol. The fourth-order valence-electron chi connectivity index (χ4n) is 2.74. The van der Waals surface area contributed by atoms with Gasteiger partial charge in [-0.15, -0.1) is 0 Å². The van der Waals surface area contributed by atoms with E-state index in [2.05, 4.69) is 18.7 Å². The Morgan fingerprint density at radius 1 is 1.41 bits per heavy atom. The Hall–Kier alpha value is -1.29. The molecule has 1 aromatic rings. The minimum Gasteiger partial charge on any atom is -0.455 e. The van der Waals surface area contributed by atoms with Gasteiger partial charge in [-0.2, -0.15) is 0 Å². The molecule has 1 amide bonds. The number of piperidine rings is 1. The van der Waals surface area contributed by atoms with Crippen molar-refractivity contribution in [2.45, 2.75) is 26.8 Å². The van der Waals surface area contributed by atoms with Crippen molar-refractivity contribution in [1.82, 2.24) is 4.90 Å². The van der Waals surface area contributed by atoms with Gasteiger partial charge in [0.25, 0.3) is 5.91 Å². The molecular formula is C13H20N2O2. The van der Waals surface area contributed by atoms with Crippen LogP contribution in [0.15, 0.2) is 16.5 Å². The Morgan fingerprint density at radius 2 is 2.06 bits per heavy atom. The van der Waals surface area contributed by atoms with E-state index in [1.54, 1.807) is 6.07 Å². The average Bonchev–Trinajstić information content (AvgIpc) is 2.64. The van der Waals surface area contributed by atoms with Crippen molar-refractivity contribution in [2.75, 3.05) is 13.1 Å². The molecule has 94 valence electrons. The third-order valence-corrected chi connectivity index (χ3v) is 3.23. The van der Waals surface area contributed by atoms with Crippen LogP contribution in [0, 0.1) is 11.8 Å². The first-order valence-electron chi connectivity index (χ1n) is 6.15. The summed E-state index contributed by atoms with van der Waals surface area (Å²) >= 11 is 0. The number of hydrogen-bond acceptors (Lipinski definition) is 3. The zero-order chi connectivity index (χ0) is 12.4. The number of carbonyl (C=O) groups excluding carboxylic acids is 1. The number of carbonyl (C=O) groups is 1. The summed E-state index contributed by atoms with van der Waals surface area (Å²) in [4.78, 5) is 13.3. The van der Waals surface area contributed by atoms with Crippen molar-refractivity contribution in [2.24, 2.45) is 17.6 Å². The summed E-state index contributed by atoms with van der Waals surface area (Å²) in [5.74, 6) is 2.02. The molecule has 1 aliphatic heterocycles. The normalized spacial score (nSPS) is 26.0. The zero-order valence-electron chi connectivity index (χ0n) is 10.5. The maximum Gasteiger partial charge on any atom is 0.284 e. The summed E-state index contributed by atoms with van der Waals surface area (Å²) in [5.41, 5.74) is 5.16. The van der Waals surface area contributed by atoms with E-state index in [0.717, 1.165) is 37.2 Å². The first kappa shape index (κ1) is 12.2. The van der Waals surface area contributed by atoms with Crippen molar-refractivity contribution < 1.29 is 9.21 Å². The van der Waals surface area contributed by atoms with Gasteiger partial charge >= 0.3 is 0 Å². The molecule has 1 aliphatic rings. The van der Waals surface area contributed by atoms with E-state index in [-0.39, 0.29) is 5.76 Å². The number of nitrogens with zero attached hydrogens (tertiary/aromatic N) is 1. The van der Waals surface area contributed by atoms with E-state index in [4.69, 9.17) is 10.2 Å². The predicted octanol–water partition coefficient (Wildman–Crippen LogP) is 1.86. The molecular weight excluding hydrogens is 216 g/mol. The van der Waals surface area contributed by atoms with Gasteiger partial charge in [0.05, 0.1) is 6.54 Å². The van der Waals surface area contributed by atoms with Crippen LogP contribution >= 0.6 is 0 Å². The second-order valence-electron chi connectivity index (χ2n) is 5.27. The van der Waals surface area contributed by atoms with Crippen LogP contribution < -0.4 is 5.73 Å². The highest BCUT2D eigenvalue weighted by molar-refractivity contribution is 5.89. The van der Waals surface area contributed by atoms with Gasteiger partial charge in [-0.25, -0.2) is 0 Å². The third-order valence-electron chi connectivity index (χ3n) is 3.23. The first-order chi connectivity index (χ1) is 8.04. The van der Waals surface area contributed by atoms with Gasteiger partial charge in [0.2, 0.25) is 0 Å². The van der Waals surface area contributed by atoms with Gasteiger partial charge in [0.1, 0.15) is 5.76 Å². The topological polar surface area (TPSA) is 59.5 Å². The second-order valence-corrected chi connectivity index (χ2v) is 5.27. The summed E-state index contributed by atoms with van der Waals surface area (Å²) < 4.78 is 5.40. The lowest BCUT2D eigenvalue weighted by Crippen LogP contribution is -2.37. The van der Waals surface area contributed by atoms with Crippen molar-refractivity contribution in [3.8, 4) is 0 Å². The van der Waals surface area contributed by atoms with Crippen molar-refractivity contribution in [3.05, 3.63) is 23.7 Å². The van der Waals surface area contributed by atoms with Gasteiger partial charge in [-0.05, 0) is 30.4 Å². The lowest BCUT2D eigenvalue weighted by Gasteiger charge is -2.34. The van der Waals surface area contributed by atoms with Crippen LogP contribution in [0.4, 0.5) is 0 Å². The Morgan fingerprint density at radius 3 is 2.59 bits per heavy atom. The number of likely N-dealkylation sites (tertiary alicyclic amines) is 1. The molecule has 0 aromatic carbocycles. The Kier molecular flexibility index (Phi) is 3.52. The molecule has 2 N–H and O–H groups in total. The van der Waals surface area contributed by atoms with Crippen LogP contribution in [0.1, 0.15) is 36.6 Å². The van der Waals surface area contributed by atoms with Gasteiger partial charge < -0.3 is 10.2 Å². The van der Waals surface area contributed by atoms with Gasteiger partial charge in [-0.1, -0.05) is 13.8 Å². The molecule has 2 atom stereocenters. The van der Waals surface area contributed by atoms with Crippen molar-refractivity contribution >= 4 is 5.91 Å². The fourth-order valence-corrected chi connectivity index (χ4v) is 2.74. The molecule has 17 heavy (non-hydrogen) atoms. The largest absolute Gasteiger partial charge is 0.455 e. The first-order valence-corrected chi connectivity index (χ1v) is 6.15. The van der Waals surface area contributed by atoms with Crippen LogP contribution in [-0.4, -0.2) is 23.9 Å². The molecule has 1 aromatic heterocycles. The molecule has 1 fully saturated rings. The monoisotopic (exact) mass is 236 g/mol. The molecule has 2 unspecified atom stereocenters. The summed E-state index contributed by atoms with van der Waals surface area (Å²) in [5, 5.41) is 0. The van der Waals surface area contributed by atoms with E-state index in [0.29, 0.717) is 0 Å². The molecule has 2 rings (SSSR count). The third kappa shape index (κ3) is 3.09. The van der Waals surface area contributed by atoms with Crippen LogP contribution in [-0.2, 0) is 6.54 Å². The number of furan rings is 1. The summed E-state index contributed by atoms with van der Waals surface area (Å²) in [6.45, 7) is 7.51. The highest BCUT2D eigenvalue weighted by Gasteiger charge is 2.22. The van der Waals surface area contributed by atoms with Crippen molar-refractivity contribution in [1.29, 1.82) is 0 Å². The number of hydrogen-bond donors (Lipinski definition) is 1. The Balaban J connectivity index is 1.97. The van der Waals surface area contributed by atoms with Gasteiger partial charge in [-0.3, -0.25) is 9.69 Å². The summed E-state index contributed by atoms with van der Waals surface area (Å²) in [6, 6.07) is 3.48. The molecule has 0 spiro atoms. The van der Waals surface area contributed by atoms with E-state index in [9.17, 15) is 4.79 Å². The number of amides is 1. The quantitative estimate of drug-likeness (QED) is 0.871. The highest BCUT2D eigenvalue weighted by Crippen LogP contribution is 2.22. The van der Waals surface area contributed by atoms with Crippen LogP contribution in [0.3, 0.4) is 0 Å². The molecule has 0 bridgehead atoms. The van der Waals surface area contributed by atoms with Gasteiger partial charge in [0, 0.05) is 13.1 Å². The standard InChI is InChI=1S/C13H20N2O2/c1-9-5-10(2)7-15(6-9)8-11-3-4-12(17-11)13(14)16/h3-4,9-10H,5-8H2,1-2H3,(H2,14,16). The van der Waals surface area contributed by atoms with Gasteiger partial charge in [0.15, 0.2) is 5.76 Å². The molecule has 0 radical (unpaired) electrons. The zero-order valence-corrected chi connectivity index (χ0v) is 10.5. The molecule has 0 saturated carbocycles. The van der Waals surface area contributed by atoms with E-state index < -0.39 is 5.91 Å². The highest BCUT2D eigenvalue weighted by atomic mass is 16.4. The number of primary amides is 1. The second kappa shape index (κ2) is 4.92. The lowest BCUT2D eigenvalue weighted by atomic mass is 9.92. The smallest absolute Gasteiger partial charge is 0.284 e. The van der Waals surface area contributed by atoms with E-state index in [1.165, 1.54) is 6.42 Å². The van der Waals surface area contributed by atoms with Crippen LogP contribution in [0.5, 0.6) is 0 Å². The molecule has 4 heteroatoms. The Bertz CT molecular complexity index is 390. The maximum atomic E-state index is 10.9. The number of rotatable bonds is 3. The molecule has 1 saturated heterocycles. The SMILES string of the molecule is CC1CC(C)CN(Cc2ccc(C(N)=O)o2)C1. The summed E-state index contributed by atoms with van der Waals surface area (Å²) in [6.07, 6.45) is 1.29. The van der Waals surface area contributed by atoms with Crippen LogP contribution in [0.25, 0.3) is 0 Å². The van der Waals surface area contributed by atoms with E-state index >= 15 is 0 Å². The van der Waals surface area contributed by atoms with E-state index in [1.807, 2.05) is 6.07 Å². The molecule has 0 aliphatic carbocycles. The van der Waals surface area contributed by atoms with Crippen molar-refractivity contribution in [3.63, 3.8) is 0 Å². The van der Waals surface area contributed by atoms with Crippen LogP contribution in [0.2, 0.25) is 0 Å². The number of nitrogens with two attached hydrogens (primary N) is 1. The predicted molar refractivity (Wildman–Crippen MR) is 65.4 cm³/mol. The molecule has 4 nitrogen and oxygen atoms in total.